The molecule has 3 aliphatic carbocycles. The Kier molecular flexibility index (Phi) is 2.97. The van der Waals surface area contributed by atoms with E-state index in [1.54, 1.807) is 0 Å². The van der Waals surface area contributed by atoms with Crippen molar-refractivity contribution < 1.29 is 4.79 Å². The van der Waals surface area contributed by atoms with Gasteiger partial charge in [0.1, 0.15) is 0 Å². The second kappa shape index (κ2) is 4.17. The summed E-state index contributed by atoms with van der Waals surface area (Å²) in [6.45, 7) is 11.2. The molecule has 1 fully saturated rings. The molecule has 0 spiro atoms. The molecule has 0 saturated heterocycles. The molecule has 0 aliphatic heterocycles. The Hall–Kier alpha value is -0.680. The van der Waals surface area contributed by atoms with Gasteiger partial charge in [-0.15, -0.1) is 9.24 Å². The molecule has 2 heteroatoms. The fraction of sp³-hybridized carbons (Fsp3) is 0.611. The molecular formula is C18H25OP. The molecule has 1 saturated carbocycles. The van der Waals surface area contributed by atoms with Crippen molar-refractivity contribution in [3.05, 3.63) is 34.4 Å². The summed E-state index contributed by atoms with van der Waals surface area (Å²) in [5.74, 6) is 1.44. The Morgan fingerprint density at radius 2 is 1.90 bits per heavy atom. The molecule has 3 rings (SSSR count). The zero-order chi connectivity index (χ0) is 14.9. The molecular weight excluding hydrogens is 263 g/mol. The van der Waals surface area contributed by atoms with E-state index in [2.05, 4.69) is 56.0 Å². The fourth-order valence-electron chi connectivity index (χ4n) is 4.33. The van der Waals surface area contributed by atoms with E-state index in [-0.39, 0.29) is 10.6 Å². The molecule has 108 valence electrons. The van der Waals surface area contributed by atoms with E-state index in [4.69, 9.17) is 0 Å². The van der Waals surface area contributed by atoms with Crippen LogP contribution in [-0.2, 0) is 4.79 Å². The van der Waals surface area contributed by atoms with E-state index in [9.17, 15) is 4.79 Å². The van der Waals surface area contributed by atoms with Gasteiger partial charge < -0.3 is 0 Å². The van der Waals surface area contributed by atoms with Crippen molar-refractivity contribution in [2.24, 2.45) is 17.3 Å². The molecule has 20 heavy (non-hydrogen) atoms. The van der Waals surface area contributed by atoms with Crippen molar-refractivity contribution in [2.75, 3.05) is 0 Å². The molecule has 0 heterocycles. The van der Waals surface area contributed by atoms with Crippen LogP contribution in [-0.4, -0.2) is 10.9 Å². The third kappa shape index (κ3) is 1.56. The highest BCUT2D eigenvalue weighted by molar-refractivity contribution is 7.20. The number of carbonyl (C=O) groups is 1. The lowest BCUT2D eigenvalue weighted by atomic mass is 9.62. The lowest BCUT2D eigenvalue weighted by Crippen LogP contribution is -2.43. The number of rotatable bonds is 0. The number of carbonyl (C=O) groups excluding carboxylic acids is 1. The average Bonchev–Trinajstić information content (AvgIpc) is 2.50. The molecule has 0 amide bonds. The van der Waals surface area contributed by atoms with Crippen molar-refractivity contribution in [2.45, 2.75) is 52.6 Å². The maximum absolute atomic E-state index is 12.9. The Labute approximate surface area is 124 Å². The van der Waals surface area contributed by atoms with E-state index in [0.29, 0.717) is 17.6 Å². The van der Waals surface area contributed by atoms with Gasteiger partial charge >= 0.3 is 0 Å². The van der Waals surface area contributed by atoms with Gasteiger partial charge in [0.2, 0.25) is 0 Å². The molecule has 0 aromatic heterocycles. The molecule has 3 aliphatic rings. The zero-order valence-electron chi connectivity index (χ0n) is 13.2. The number of ketones is 1. The Morgan fingerprint density at radius 3 is 2.55 bits per heavy atom. The lowest BCUT2D eigenvalue weighted by Gasteiger charge is -2.47. The van der Waals surface area contributed by atoms with Gasteiger partial charge in [-0.1, -0.05) is 44.1 Å². The highest BCUT2D eigenvalue weighted by Gasteiger charge is 2.61. The van der Waals surface area contributed by atoms with Crippen molar-refractivity contribution in [1.29, 1.82) is 0 Å². The predicted octanol–water partition coefficient (Wildman–Crippen LogP) is 4.46. The number of Topliss-reactive ketones (excluding diaryl/α,β-unsaturated/α-hetero) is 1. The van der Waals surface area contributed by atoms with Crippen LogP contribution < -0.4 is 0 Å². The summed E-state index contributed by atoms with van der Waals surface area (Å²) in [6.07, 6.45) is 6.51. The highest BCUT2D eigenvalue weighted by Crippen LogP contribution is 2.65. The first-order valence-corrected chi connectivity index (χ1v) is 8.23. The van der Waals surface area contributed by atoms with Crippen LogP contribution in [0.15, 0.2) is 34.4 Å². The standard InChI is InChI=1S/C18H25OP/c1-10-6-14-16(19)15-7-11(2)13(4)9-18(15,20)17(14,5)8-12(10)3/h6-7,10,12H,8-9,20H2,1-5H3/t10?,12?,17-,18+/m0/s1. The smallest absolute Gasteiger partial charge is 0.186 e. The van der Waals surface area contributed by atoms with Gasteiger partial charge in [-0.3, -0.25) is 4.79 Å². The van der Waals surface area contributed by atoms with E-state index in [1.165, 1.54) is 11.1 Å². The van der Waals surface area contributed by atoms with Crippen LogP contribution in [0, 0.1) is 17.3 Å². The van der Waals surface area contributed by atoms with Gasteiger partial charge in [0, 0.05) is 21.7 Å². The van der Waals surface area contributed by atoms with Crippen LogP contribution in [0.1, 0.15) is 47.5 Å². The SMILES string of the molecule is CC1=C(C)C[C@@]2(P)C(=C1)C(=O)C1=CC(C)C(C)C[C@@]12C. The summed E-state index contributed by atoms with van der Waals surface area (Å²) in [5, 5.41) is -0.0894. The third-order valence-electron chi connectivity index (χ3n) is 6.18. The summed E-state index contributed by atoms with van der Waals surface area (Å²) < 4.78 is 0. The molecule has 3 unspecified atom stereocenters. The predicted molar refractivity (Wildman–Crippen MR) is 87.7 cm³/mol. The maximum Gasteiger partial charge on any atom is 0.186 e. The molecule has 0 bridgehead atoms. The highest BCUT2D eigenvalue weighted by atomic mass is 31.0. The number of hydrogen-bond donors (Lipinski definition) is 0. The summed E-state index contributed by atoms with van der Waals surface area (Å²) in [7, 11) is 3.07. The lowest BCUT2D eigenvalue weighted by molar-refractivity contribution is -0.112. The summed E-state index contributed by atoms with van der Waals surface area (Å²) in [6, 6.07) is 0. The Bertz CT molecular complexity index is 593. The van der Waals surface area contributed by atoms with Crippen LogP contribution in [0.2, 0.25) is 0 Å². The van der Waals surface area contributed by atoms with Crippen LogP contribution in [0.5, 0.6) is 0 Å². The van der Waals surface area contributed by atoms with E-state index in [1.807, 2.05) is 0 Å². The molecule has 0 aromatic rings. The first-order chi connectivity index (χ1) is 9.20. The first-order valence-electron chi connectivity index (χ1n) is 7.65. The molecule has 5 atom stereocenters. The third-order valence-corrected chi connectivity index (χ3v) is 7.34. The van der Waals surface area contributed by atoms with Crippen LogP contribution >= 0.6 is 9.24 Å². The van der Waals surface area contributed by atoms with Crippen molar-refractivity contribution in [1.82, 2.24) is 0 Å². The van der Waals surface area contributed by atoms with Gasteiger partial charge in [-0.05, 0) is 38.5 Å². The van der Waals surface area contributed by atoms with Gasteiger partial charge in [0.05, 0.1) is 0 Å². The summed E-state index contributed by atoms with van der Waals surface area (Å²) in [5.41, 5.74) is 4.78. The van der Waals surface area contributed by atoms with Crippen LogP contribution in [0.3, 0.4) is 0 Å². The number of allylic oxidation sites excluding steroid dienone is 6. The second-order valence-electron chi connectivity index (χ2n) is 7.45. The topological polar surface area (TPSA) is 17.1 Å². The Morgan fingerprint density at radius 1 is 1.25 bits per heavy atom. The van der Waals surface area contributed by atoms with Crippen molar-refractivity contribution in [3.8, 4) is 0 Å². The van der Waals surface area contributed by atoms with Gasteiger partial charge in [0.15, 0.2) is 5.78 Å². The minimum Gasteiger partial charge on any atom is -0.289 e. The molecule has 0 radical (unpaired) electrons. The second-order valence-corrected chi connectivity index (χ2v) is 8.44. The summed E-state index contributed by atoms with van der Waals surface area (Å²) in [4.78, 5) is 12.9. The van der Waals surface area contributed by atoms with E-state index in [0.717, 1.165) is 24.0 Å². The fourth-order valence-corrected chi connectivity index (χ4v) is 5.12. The maximum atomic E-state index is 12.9. The first kappa shape index (κ1) is 14.3. The van der Waals surface area contributed by atoms with E-state index >= 15 is 0 Å². The van der Waals surface area contributed by atoms with E-state index < -0.39 is 0 Å². The normalized spacial score (nSPS) is 44.0. The number of fused-ring (bicyclic) bond motifs is 3. The summed E-state index contributed by atoms with van der Waals surface area (Å²) >= 11 is 0. The van der Waals surface area contributed by atoms with Crippen LogP contribution in [0.25, 0.3) is 0 Å². The largest absolute Gasteiger partial charge is 0.289 e. The average molecular weight is 288 g/mol. The van der Waals surface area contributed by atoms with Gasteiger partial charge in [0.25, 0.3) is 0 Å². The molecule has 1 nitrogen and oxygen atoms in total. The monoisotopic (exact) mass is 288 g/mol. The number of hydrogen-bond acceptors (Lipinski definition) is 1. The Balaban J connectivity index is 2.22. The zero-order valence-corrected chi connectivity index (χ0v) is 14.4. The quantitative estimate of drug-likeness (QED) is 0.602. The molecule has 0 aromatic carbocycles. The van der Waals surface area contributed by atoms with Gasteiger partial charge in [-0.25, -0.2) is 0 Å². The van der Waals surface area contributed by atoms with Crippen LogP contribution in [0.4, 0.5) is 0 Å². The minimum absolute atomic E-state index is 0.0194. The van der Waals surface area contributed by atoms with Crippen molar-refractivity contribution in [3.63, 3.8) is 0 Å². The van der Waals surface area contributed by atoms with Crippen molar-refractivity contribution >= 4 is 15.0 Å². The minimum atomic E-state index is -0.0894. The molecule has 0 N–H and O–H groups in total. The van der Waals surface area contributed by atoms with Gasteiger partial charge in [-0.2, -0.15) is 0 Å².